The van der Waals surface area contributed by atoms with Gasteiger partial charge in [0.2, 0.25) is 0 Å². The number of para-hydroxylation sites is 1. The minimum atomic E-state index is -1.70. The van der Waals surface area contributed by atoms with Crippen LogP contribution in [0.3, 0.4) is 0 Å². The third-order valence-electron chi connectivity index (χ3n) is 5.83. The van der Waals surface area contributed by atoms with Crippen LogP contribution in [0, 0.1) is 0 Å². The Morgan fingerprint density at radius 3 is 2.31 bits per heavy atom. The quantitative estimate of drug-likeness (QED) is 0.434. The molecule has 1 aliphatic rings. The second-order valence-corrected chi connectivity index (χ2v) is 14.0. The summed E-state index contributed by atoms with van der Waals surface area (Å²) in [5.41, 5.74) is 0.847. The van der Waals surface area contributed by atoms with E-state index in [0.29, 0.717) is 11.3 Å². The number of rotatable bonds is 4. The Kier molecular flexibility index (Phi) is 5.66. The maximum atomic E-state index is 6.58. The van der Waals surface area contributed by atoms with Gasteiger partial charge < -0.3 is 9.16 Å². The summed E-state index contributed by atoms with van der Waals surface area (Å²) in [4.78, 5) is 4.45. The summed E-state index contributed by atoms with van der Waals surface area (Å²) < 4.78 is 12.9. The topological polar surface area (TPSA) is 31.4 Å². The number of nitrogens with zero attached hydrogens (tertiary/aromatic N) is 1. The van der Waals surface area contributed by atoms with Crippen LogP contribution >= 0.6 is 11.6 Å². The first-order valence-corrected chi connectivity index (χ1v) is 12.8. The standard InChI is InChI=1S/C21H30ClNO2Si/c1-21(2,3)26(4,5)25-17-12-10-16(11-13-17)24-18-8-6-7-15-9-14-19(22)23-20(15)18/h6-9,14,16-17H,10-13H2,1-5H3. The Balaban J connectivity index is 1.62. The molecule has 0 unspecified atom stereocenters. The Morgan fingerprint density at radius 1 is 1.00 bits per heavy atom. The second kappa shape index (κ2) is 7.49. The van der Waals surface area contributed by atoms with E-state index in [0.717, 1.165) is 42.3 Å². The first-order valence-electron chi connectivity index (χ1n) is 9.55. The van der Waals surface area contributed by atoms with E-state index in [4.69, 9.17) is 20.8 Å². The normalized spacial score (nSPS) is 21.8. The minimum absolute atomic E-state index is 0.223. The van der Waals surface area contributed by atoms with Crippen LogP contribution in [0.15, 0.2) is 30.3 Å². The second-order valence-electron chi connectivity index (χ2n) is 8.86. The molecule has 3 rings (SSSR count). The van der Waals surface area contributed by atoms with Gasteiger partial charge in [0.25, 0.3) is 0 Å². The lowest BCUT2D eigenvalue weighted by Gasteiger charge is -2.41. The molecule has 0 spiro atoms. The molecule has 0 atom stereocenters. The lowest BCUT2D eigenvalue weighted by molar-refractivity contribution is 0.0732. The summed E-state index contributed by atoms with van der Waals surface area (Å²) in [5.74, 6) is 0.832. The van der Waals surface area contributed by atoms with Gasteiger partial charge in [0.15, 0.2) is 8.32 Å². The zero-order valence-electron chi connectivity index (χ0n) is 16.5. The van der Waals surface area contributed by atoms with Crippen LogP contribution in [0.4, 0.5) is 0 Å². The van der Waals surface area contributed by atoms with E-state index in [9.17, 15) is 0 Å². The van der Waals surface area contributed by atoms with Gasteiger partial charge in [0.1, 0.15) is 16.4 Å². The van der Waals surface area contributed by atoms with Crippen LogP contribution < -0.4 is 4.74 Å². The molecule has 1 saturated carbocycles. The Hall–Kier alpha value is -1.10. The Morgan fingerprint density at radius 2 is 1.65 bits per heavy atom. The smallest absolute Gasteiger partial charge is 0.192 e. The summed E-state index contributed by atoms with van der Waals surface area (Å²) in [6.07, 6.45) is 4.77. The highest BCUT2D eigenvalue weighted by Gasteiger charge is 2.40. The molecule has 1 heterocycles. The minimum Gasteiger partial charge on any atom is -0.488 e. The molecule has 26 heavy (non-hydrogen) atoms. The maximum Gasteiger partial charge on any atom is 0.192 e. The Bertz CT molecular complexity index is 764. The molecule has 3 nitrogen and oxygen atoms in total. The third-order valence-corrected chi connectivity index (χ3v) is 10.6. The molecule has 1 aromatic carbocycles. The number of hydrogen-bond donors (Lipinski definition) is 0. The van der Waals surface area contributed by atoms with Crippen molar-refractivity contribution in [1.29, 1.82) is 0 Å². The molecule has 2 aromatic rings. The monoisotopic (exact) mass is 391 g/mol. The van der Waals surface area contributed by atoms with E-state index >= 15 is 0 Å². The van der Waals surface area contributed by atoms with Gasteiger partial charge in [0, 0.05) is 11.5 Å². The summed E-state index contributed by atoms with van der Waals surface area (Å²) in [6.45, 7) is 11.6. The highest BCUT2D eigenvalue weighted by atomic mass is 35.5. The predicted molar refractivity (Wildman–Crippen MR) is 112 cm³/mol. The molecule has 0 radical (unpaired) electrons. The van der Waals surface area contributed by atoms with Crippen LogP contribution in [-0.2, 0) is 4.43 Å². The van der Waals surface area contributed by atoms with Gasteiger partial charge in [0.05, 0.1) is 6.10 Å². The lowest BCUT2D eigenvalue weighted by atomic mass is 9.95. The van der Waals surface area contributed by atoms with Crippen molar-refractivity contribution in [2.24, 2.45) is 0 Å². The largest absolute Gasteiger partial charge is 0.488 e. The van der Waals surface area contributed by atoms with Crippen LogP contribution in [0.1, 0.15) is 46.5 Å². The average Bonchev–Trinajstić information content (AvgIpc) is 2.56. The van der Waals surface area contributed by atoms with Crippen molar-refractivity contribution in [3.05, 3.63) is 35.5 Å². The molecule has 1 aliphatic carbocycles. The number of aromatic nitrogens is 1. The van der Waals surface area contributed by atoms with Crippen molar-refractivity contribution in [3.63, 3.8) is 0 Å². The molecule has 0 amide bonds. The van der Waals surface area contributed by atoms with E-state index in [-0.39, 0.29) is 11.1 Å². The fraction of sp³-hybridized carbons (Fsp3) is 0.571. The molecule has 5 heteroatoms. The summed E-state index contributed by atoms with van der Waals surface area (Å²) in [7, 11) is -1.70. The zero-order valence-corrected chi connectivity index (χ0v) is 18.3. The highest BCUT2D eigenvalue weighted by molar-refractivity contribution is 6.74. The van der Waals surface area contributed by atoms with Gasteiger partial charge in [-0.1, -0.05) is 44.5 Å². The molecular weight excluding hydrogens is 362 g/mol. The van der Waals surface area contributed by atoms with Gasteiger partial charge in [-0.2, -0.15) is 0 Å². The zero-order chi connectivity index (χ0) is 18.9. The van der Waals surface area contributed by atoms with Gasteiger partial charge in [-0.25, -0.2) is 4.98 Å². The van der Waals surface area contributed by atoms with Crippen LogP contribution in [-0.4, -0.2) is 25.5 Å². The van der Waals surface area contributed by atoms with Crippen LogP contribution in [0.25, 0.3) is 10.9 Å². The van der Waals surface area contributed by atoms with Crippen molar-refractivity contribution < 1.29 is 9.16 Å². The van der Waals surface area contributed by atoms with Gasteiger partial charge >= 0.3 is 0 Å². The summed E-state index contributed by atoms with van der Waals surface area (Å²) in [6, 6.07) is 9.84. The van der Waals surface area contributed by atoms with E-state index in [1.807, 2.05) is 30.3 Å². The van der Waals surface area contributed by atoms with Crippen molar-refractivity contribution in [3.8, 4) is 5.75 Å². The van der Waals surface area contributed by atoms with Crippen LogP contribution in [0.5, 0.6) is 5.75 Å². The highest BCUT2D eigenvalue weighted by Crippen LogP contribution is 2.39. The van der Waals surface area contributed by atoms with Crippen molar-refractivity contribution in [1.82, 2.24) is 4.98 Å². The fourth-order valence-electron chi connectivity index (χ4n) is 3.23. The van der Waals surface area contributed by atoms with Crippen molar-refractivity contribution in [2.45, 2.75) is 76.8 Å². The van der Waals surface area contributed by atoms with E-state index < -0.39 is 8.32 Å². The van der Waals surface area contributed by atoms with Crippen molar-refractivity contribution in [2.75, 3.05) is 0 Å². The number of benzene rings is 1. The first kappa shape index (κ1) is 19.7. The lowest BCUT2D eigenvalue weighted by Crippen LogP contribution is -2.45. The molecule has 0 saturated heterocycles. The predicted octanol–water partition coefficient (Wildman–Crippen LogP) is 6.60. The van der Waals surface area contributed by atoms with E-state index in [1.165, 1.54) is 0 Å². The average molecular weight is 392 g/mol. The van der Waals surface area contributed by atoms with Crippen molar-refractivity contribution >= 4 is 30.8 Å². The molecule has 1 fully saturated rings. The van der Waals surface area contributed by atoms with Gasteiger partial charge in [-0.15, -0.1) is 0 Å². The Labute approximate surface area is 163 Å². The van der Waals surface area contributed by atoms with E-state index in [1.54, 1.807) is 0 Å². The molecule has 1 aromatic heterocycles. The molecule has 142 valence electrons. The van der Waals surface area contributed by atoms with E-state index in [2.05, 4.69) is 38.8 Å². The van der Waals surface area contributed by atoms with Gasteiger partial charge in [-0.05, 0) is 62.0 Å². The van der Waals surface area contributed by atoms with Crippen LogP contribution in [0.2, 0.25) is 23.3 Å². The molecule has 0 N–H and O–H groups in total. The maximum absolute atomic E-state index is 6.58. The molecular formula is C21H30ClNO2Si. The number of pyridine rings is 1. The molecule has 0 bridgehead atoms. The number of fused-ring (bicyclic) bond motifs is 1. The number of hydrogen-bond acceptors (Lipinski definition) is 3. The number of halogens is 1. The summed E-state index contributed by atoms with van der Waals surface area (Å²) >= 11 is 6.07. The SMILES string of the molecule is CC(C)(C)[Si](C)(C)OC1CCC(Oc2cccc3ccc(Cl)nc23)CC1. The molecule has 0 aliphatic heterocycles. The number of ether oxygens (including phenoxy) is 1. The summed E-state index contributed by atoms with van der Waals surface area (Å²) in [5, 5.41) is 1.82. The van der Waals surface area contributed by atoms with Gasteiger partial charge in [-0.3, -0.25) is 0 Å². The third kappa shape index (κ3) is 4.41. The fourth-order valence-corrected chi connectivity index (χ4v) is 4.80. The first-order chi connectivity index (χ1) is 12.2.